The summed E-state index contributed by atoms with van der Waals surface area (Å²) in [4.78, 5) is 10.1. The zero-order valence-electron chi connectivity index (χ0n) is 12.5. The average Bonchev–Trinajstić information content (AvgIpc) is 2.39. The Bertz CT molecular complexity index is 792. The largest absolute Gasteiger partial charge is 0.480 e. The zero-order valence-corrected chi connectivity index (χ0v) is 14.1. The smallest absolute Gasteiger partial charge is 0.318 e. The molecule has 1 aromatic carbocycles. The number of aliphatic carboxylic acids is 1. The van der Waals surface area contributed by atoms with Gasteiger partial charge in [0, 0.05) is 7.05 Å². The van der Waals surface area contributed by atoms with E-state index in [1.165, 1.54) is 0 Å². The summed E-state index contributed by atoms with van der Waals surface area (Å²) in [6.45, 7) is 0.860. The lowest BCUT2D eigenvalue weighted by Crippen LogP contribution is -2.32. The van der Waals surface area contributed by atoms with Gasteiger partial charge in [0.2, 0.25) is 20.0 Å². The van der Waals surface area contributed by atoms with Crippen LogP contribution in [0.15, 0.2) is 23.1 Å². The Morgan fingerprint density at radius 3 is 2.39 bits per heavy atom. The normalized spacial score (nSPS) is 12.3. The number of carbonyl (C=O) groups is 1. The molecule has 0 spiro atoms. The molecule has 0 saturated carbocycles. The molecular weight excluding hydrogens is 351 g/mol. The summed E-state index contributed by atoms with van der Waals surface area (Å²) in [7, 11) is -6.87. The number of hydrogen-bond donors (Lipinski definition) is 2. The topological polar surface area (TPSA) is 121 Å². The minimum atomic E-state index is -4.19. The van der Waals surface area contributed by atoms with Crippen LogP contribution in [0.3, 0.4) is 0 Å². The summed E-state index contributed by atoms with van der Waals surface area (Å²) in [5.41, 5.74) is -0.377. The van der Waals surface area contributed by atoms with Crippen molar-refractivity contribution in [3.8, 4) is 0 Å². The third kappa shape index (κ3) is 5.15. The molecule has 0 aliphatic carbocycles. The summed E-state index contributed by atoms with van der Waals surface area (Å²) in [5.74, 6) is -2.64. The Kier molecular flexibility index (Phi) is 6.08. The summed E-state index contributed by atoms with van der Waals surface area (Å²) in [5, 5.41) is 8.61. The highest BCUT2D eigenvalue weighted by atomic mass is 32.2. The molecule has 11 heteroatoms. The predicted molar refractivity (Wildman–Crippen MR) is 81.6 cm³/mol. The van der Waals surface area contributed by atoms with Gasteiger partial charge in [-0.2, -0.15) is 4.31 Å². The number of likely N-dealkylation sites (N-methyl/N-ethyl adjacent to an activating group) is 1. The fourth-order valence-corrected chi connectivity index (χ4v) is 3.95. The van der Waals surface area contributed by atoms with Gasteiger partial charge in [-0.05, 0) is 24.6 Å². The van der Waals surface area contributed by atoms with Crippen molar-refractivity contribution in [3.63, 3.8) is 0 Å². The van der Waals surface area contributed by atoms with Gasteiger partial charge in [-0.1, -0.05) is 6.92 Å². The molecule has 0 bridgehead atoms. The molecule has 1 rings (SSSR count). The Balaban J connectivity index is 3.11. The van der Waals surface area contributed by atoms with E-state index in [2.05, 4.69) is 0 Å². The van der Waals surface area contributed by atoms with Crippen LogP contribution >= 0.6 is 0 Å². The molecule has 23 heavy (non-hydrogen) atoms. The van der Waals surface area contributed by atoms with E-state index in [1.807, 2.05) is 4.72 Å². The first-order valence-electron chi connectivity index (χ1n) is 6.48. The van der Waals surface area contributed by atoms with E-state index in [-0.39, 0.29) is 11.4 Å². The molecule has 0 fully saturated rings. The van der Waals surface area contributed by atoms with Crippen molar-refractivity contribution in [2.24, 2.45) is 0 Å². The number of hydrogen-bond acceptors (Lipinski definition) is 5. The van der Waals surface area contributed by atoms with Gasteiger partial charge in [0.15, 0.2) is 0 Å². The maximum Gasteiger partial charge on any atom is 0.318 e. The Morgan fingerprint density at radius 1 is 1.30 bits per heavy atom. The molecule has 0 heterocycles. The van der Waals surface area contributed by atoms with Gasteiger partial charge in [-0.25, -0.2) is 21.2 Å². The van der Waals surface area contributed by atoms with Gasteiger partial charge in [-0.3, -0.25) is 9.52 Å². The van der Waals surface area contributed by atoms with Gasteiger partial charge in [-0.15, -0.1) is 0 Å². The fourth-order valence-electron chi connectivity index (χ4n) is 1.68. The number of benzene rings is 1. The Hall–Kier alpha value is -1.72. The van der Waals surface area contributed by atoms with Crippen LogP contribution in [0.5, 0.6) is 0 Å². The summed E-state index contributed by atoms with van der Waals surface area (Å²) in [6.07, 6.45) is 0.337. The number of halogens is 1. The third-order valence-electron chi connectivity index (χ3n) is 2.74. The molecule has 0 aliphatic heterocycles. The van der Waals surface area contributed by atoms with Crippen molar-refractivity contribution in [2.75, 3.05) is 24.1 Å². The van der Waals surface area contributed by atoms with Crippen molar-refractivity contribution in [1.29, 1.82) is 0 Å². The van der Waals surface area contributed by atoms with Crippen molar-refractivity contribution in [1.82, 2.24) is 4.31 Å². The maximum atomic E-state index is 14.0. The van der Waals surface area contributed by atoms with Crippen molar-refractivity contribution in [3.05, 3.63) is 24.0 Å². The van der Waals surface area contributed by atoms with Gasteiger partial charge >= 0.3 is 5.97 Å². The van der Waals surface area contributed by atoms with E-state index in [9.17, 15) is 26.0 Å². The molecule has 0 atom stereocenters. The average molecular weight is 368 g/mol. The molecule has 130 valence electrons. The maximum absolute atomic E-state index is 14.0. The van der Waals surface area contributed by atoms with Crippen LogP contribution in [0, 0.1) is 5.82 Å². The minimum Gasteiger partial charge on any atom is -0.480 e. The van der Waals surface area contributed by atoms with Crippen molar-refractivity contribution in [2.45, 2.75) is 18.2 Å². The molecule has 0 amide bonds. The molecule has 0 unspecified atom stereocenters. The summed E-state index contributed by atoms with van der Waals surface area (Å²) < 4.78 is 63.9. The van der Waals surface area contributed by atoms with Crippen LogP contribution < -0.4 is 4.72 Å². The van der Waals surface area contributed by atoms with Crippen LogP contribution in [-0.4, -0.2) is 51.6 Å². The standard InChI is InChI=1S/C12H17FN2O6S2/c1-3-6-22(18,19)14-11-5-4-9(7-10(11)13)23(20,21)15(2)8-12(16)17/h4-5,7,14H,3,6,8H2,1-2H3,(H,16,17). The second kappa shape index (κ2) is 7.23. The number of sulfonamides is 2. The van der Waals surface area contributed by atoms with E-state index in [4.69, 9.17) is 5.11 Å². The van der Waals surface area contributed by atoms with Crippen LogP contribution in [0.2, 0.25) is 0 Å². The first-order valence-corrected chi connectivity index (χ1v) is 9.57. The number of rotatable bonds is 8. The van der Waals surface area contributed by atoms with E-state index in [0.717, 1.165) is 19.2 Å². The second-order valence-electron chi connectivity index (χ2n) is 4.72. The first kappa shape index (κ1) is 19.3. The van der Waals surface area contributed by atoms with Gasteiger partial charge in [0.25, 0.3) is 0 Å². The monoisotopic (exact) mass is 368 g/mol. The number of anilines is 1. The Labute approximate surface area is 134 Å². The van der Waals surface area contributed by atoms with E-state index in [1.54, 1.807) is 6.92 Å². The summed E-state index contributed by atoms with van der Waals surface area (Å²) >= 11 is 0. The van der Waals surface area contributed by atoms with Gasteiger partial charge in [0.05, 0.1) is 16.3 Å². The molecular formula is C12H17FN2O6S2. The van der Waals surface area contributed by atoms with Crippen LogP contribution in [0.4, 0.5) is 10.1 Å². The van der Waals surface area contributed by atoms with Crippen LogP contribution in [0.25, 0.3) is 0 Å². The first-order chi connectivity index (χ1) is 10.5. The minimum absolute atomic E-state index is 0.201. The zero-order chi connectivity index (χ0) is 17.8. The molecule has 8 nitrogen and oxygen atoms in total. The van der Waals surface area contributed by atoms with E-state index in [0.29, 0.717) is 16.8 Å². The number of nitrogens with one attached hydrogen (secondary N) is 1. The summed E-state index contributed by atoms with van der Waals surface area (Å²) in [6, 6.07) is 2.61. The highest BCUT2D eigenvalue weighted by Gasteiger charge is 2.24. The number of nitrogens with zero attached hydrogens (tertiary/aromatic N) is 1. The highest BCUT2D eigenvalue weighted by molar-refractivity contribution is 7.92. The SMILES string of the molecule is CCCS(=O)(=O)Nc1ccc(S(=O)(=O)N(C)CC(=O)O)cc1F. The molecule has 0 aromatic heterocycles. The van der Waals surface area contributed by atoms with Crippen LogP contribution in [-0.2, 0) is 24.8 Å². The quantitative estimate of drug-likeness (QED) is 0.696. The lowest BCUT2D eigenvalue weighted by Gasteiger charge is -2.15. The lowest BCUT2D eigenvalue weighted by molar-refractivity contribution is -0.137. The number of carboxylic acids is 1. The van der Waals surface area contributed by atoms with Gasteiger partial charge < -0.3 is 5.11 Å². The van der Waals surface area contributed by atoms with E-state index >= 15 is 0 Å². The van der Waals surface area contributed by atoms with Gasteiger partial charge in [0.1, 0.15) is 12.4 Å². The Morgan fingerprint density at radius 2 is 1.91 bits per heavy atom. The third-order valence-corrected chi connectivity index (χ3v) is 6.02. The van der Waals surface area contributed by atoms with Crippen molar-refractivity contribution < 1.29 is 31.1 Å². The predicted octanol–water partition coefficient (Wildman–Crippen LogP) is 0.682. The molecule has 1 aromatic rings. The lowest BCUT2D eigenvalue weighted by atomic mass is 10.3. The van der Waals surface area contributed by atoms with Crippen molar-refractivity contribution >= 4 is 31.7 Å². The highest BCUT2D eigenvalue weighted by Crippen LogP contribution is 2.22. The fraction of sp³-hybridized carbons (Fsp3) is 0.417. The molecule has 2 N–H and O–H groups in total. The number of carboxylic acid groups (broad SMARTS) is 1. The molecule has 0 aliphatic rings. The van der Waals surface area contributed by atoms with E-state index < -0.39 is 43.3 Å². The molecule has 0 saturated heterocycles. The van der Waals surface area contributed by atoms with Crippen LogP contribution in [0.1, 0.15) is 13.3 Å². The second-order valence-corrected chi connectivity index (χ2v) is 8.60. The molecule has 0 radical (unpaired) electrons.